The smallest absolute Gasteiger partial charge is 0.347 e. The van der Waals surface area contributed by atoms with Gasteiger partial charge in [-0.05, 0) is 17.7 Å². The summed E-state index contributed by atoms with van der Waals surface area (Å²) in [7, 11) is 2.78. The fraction of sp³-hybridized carbons (Fsp3) is 0.412. The van der Waals surface area contributed by atoms with Crippen molar-refractivity contribution in [2.45, 2.75) is 31.8 Å². The molecule has 1 N–H and O–H groups in total. The molecule has 0 aliphatic carbocycles. The first kappa shape index (κ1) is 17.6. The molecule has 0 bridgehead atoms. The maximum absolute atomic E-state index is 12.8. The van der Waals surface area contributed by atoms with E-state index in [0.717, 1.165) is 9.13 Å². The van der Waals surface area contributed by atoms with Gasteiger partial charge in [0.2, 0.25) is 0 Å². The number of aromatic nitrogens is 6. The van der Waals surface area contributed by atoms with Crippen LogP contribution in [0.5, 0.6) is 0 Å². The van der Waals surface area contributed by atoms with Crippen LogP contribution in [0.4, 0.5) is 0 Å². The van der Waals surface area contributed by atoms with Gasteiger partial charge in [-0.1, -0.05) is 6.08 Å². The lowest BCUT2D eigenvalue weighted by Crippen LogP contribution is -2.46. The summed E-state index contributed by atoms with van der Waals surface area (Å²) in [5, 5.41) is 9.36. The number of aliphatic hydroxyl groups is 1. The molecule has 0 spiro atoms. The molecule has 0 amide bonds. The zero-order valence-corrected chi connectivity index (χ0v) is 15.7. The summed E-state index contributed by atoms with van der Waals surface area (Å²) >= 11 is 0. The van der Waals surface area contributed by atoms with Crippen LogP contribution in [-0.4, -0.2) is 33.0 Å². The minimum absolute atomic E-state index is 0.0220. The van der Waals surface area contributed by atoms with Crippen molar-refractivity contribution in [2.24, 2.45) is 14.1 Å². The highest BCUT2D eigenvalue weighted by atomic mass is 16.4. The van der Waals surface area contributed by atoms with Gasteiger partial charge in [0, 0.05) is 14.1 Å². The van der Waals surface area contributed by atoms with Crippen LogP contribution in [0.3, 0.4) is 0 Å². The second kappa shape index (κ2) is 5.73. The Balaban J connectivity index is 1.82. The van der Waals surface area contributed by atoms with Gasteiger partial charge in [-0.3, -0.25) is 0 Å². The SMILES string of the molecule is Cn1c(=O)n2n(c1=O)C1Cn3c(=O)n(C)c(=O)n3C(c3ccc(CO)o3)C1=CC2. The van der Waals surface area contributed by atoms with Crippen molar-refractivity contribution in [3.63, 3.8) is 0 Å². The first-order valence-electron chi connectivity index (χ1n) is 9.01. The molecule has 5 rings (SSSR count). The Kier molecular flexibility index (Phi) is 3.47. The molecule has 0 saturated carbocycles. The Labute approximate surface area is 161 Å². The molecule has 152 valence electrons. The molecule has 0 fully saturated rings. The Bertz CT molecular complexity index is 1420. The van der Waals surface area contributed by atoms with Crippen LogP contribution in [0.15, 0.2) is 47.4 Å². The molecular weight excluding hydrogens is 384 g/mol. The van der Waals surface area contributed by atoms with Crippen molar-refractivity contribution in [1.82, 2.24) is 27.9 Å². The Morgan fingerprint density at radius 1 is 0.966 bits per heavy atom. The summed E-state index contributed by atoms with van der Waals surface area (Å²) in [6, 6.07) is 1.79. The number of nitrogens with zero attached hydrogens (tertiary/aromatic N) is 6. The number of aliphatic hydroxyl groups excluding tert-OH is 1. The summed E-state index contributed by atoms with van der Waals surface area (Å²) in [5.41, 5.74) is -1.34. The van der Waals surface area contributed by atoms with E-state index in [4.69, 9.17) is 4.42 Å². The average Bonchev–Trinajstić information content (AvgIpc) is 3.35. The van der Waals surface area contributed by atoms with Crippen molar-refractivity contribution in [2.75, 3.05) is 0 Å². The maximum atomic E-state index is 12.8. The van der Waals surface area contributed by atoms with Gasteiger partial charge < -0.3 is 9.52 Å². The lowest BCUT2D eigenvalue weighted by atomic mass is 9.94. The van der Waals surface area contributed by atoms with Crippen molar-refractivity contribution in [1.29, 1.82) is 0 Å². The third-order valence-corrected chi connectivity index (χ3v) is 5.70. The van der Waals surface area contributed by atoms with Gasteiger partial charge in [-0.15, -0.1) is 0 Å². The molecule has 2 aliphatic heterocycles. The monoisotopic (exact) mass is 402 g/mol. The summed E-state index contributed by atoms with van der Waals surface area (Å²) in [6.07, 6.45) is 1.78. The molecule has 5 heterocycles. The van der Waals surface area contributed by atoms with Gasteiger partial charge >= 0.3 is 22.8 Å². The third kappa shape index (κ3) is 2.11. The zero-order chi connectivity index (χ0) is 20.6. The minimum Gasteiger partial charge on any atom is -0.461 e. The highest BCUT2D eigenvalue weighted by molar-refractivity contribution is 5.29. The molecule has 0 aromatic carbocycles. The highest BCUT2D eigenvalue weighted by Gasteiger charge is 2.41. The van der Waals surface area contributed by atoms with Gasteiger partial charge in [0.1, 0.15) is 24.2 Å². The van der Waals surface area contributed by atoms with Gasteiger partial charge in [-0.2, -0.15) is 0 Å². The lowest BCUT2D eigenvalue weighted by Gasteiger charge is -2.36. The van der Waals surface area contributed by atoms with Crippen molar-refractivity contribution >= 4 is 0 Å². The predicted molar refractivity (Wildman–Crippen MR) is 97.8 cm³/mol. The number of hydrogen-bond acceptors (Lipinski definition) is 6. The van der Waals surface area contributed by atoms with Crippen molar-refractivity contribution in [3.8, 4) is 0 Å². The predicted octanol–water partition coefficient (Wildman–Crippen LogP) is -2.12. The second-order valence-corrected chi connectivity index (χ2v) is 7.19. The van der Waals surface area contributed by atoms with Crippen LogP contribution in [0.1, 0.15) is 23.6 Å². The van der Waals surface area contributed by atoms with Gasteiger partial charge in [-0.25, -0.2) is 47.0 Å². The summed E-state index contributed by atoms with van der Waals surface area (Å²) in [6.45, 7) is -0.145. The van der Waals surface area contributed by atoms with E-state index < -0.39 is 34.8 Å². The van der Waals surface area contributed by atoms with Crippen LogP contribution in [0.25, 0.3) is 0 Å². The molecule has 0 saturated heterocycles. The van der Waals surface area contributed by atoms with E-state index in [1.807, 2.05) is 0 Å². The molecule has 29 heavy (non-hydrogen) atoms. The van der Waals surface area contributed by atoms with E-state index >= 15 is 0 Å². The Morgan fingerprint density at radius 2 is 1.62 bits per heavy atom. The average molecular weight is 402 g/mol. The summed E-state index contributed by atoms with van der Waals surface area (Å²) < 4.78 is 12.9. The molecule has 2 unspecified atom stereocenters. The Morgan fingerprint density at radius 3 is 2.28 bits per heavy atom. The molecule has 3 aromatic heterocycles. The number of rotatable bonds is 2. The van der Waals surface area contributed by atoms with Crippen LogP contribution < -0.4 is 22.8 Å². The number of allylic oxidation sites excluding steroid dienone is 2. The number of fused-ring (bicyclic) bond motifs is 4. The van der Waals surface area contributed by atoms with E-state index in [2.05, 4.69) is 0 Å². The van der Waals surface area contributed by atoms with Crippen molar-refractivity contribution in [3.05, 3.63) is 77.2 Å². The quantitative estimate of drug-likeness (QED) is 0.488. The number of hydrogen-bond donors (Lipinski definition) is 1. The molecule has 0 radical (unpaired) electrons. The van der Waals surface area contributed by atoms with E-state index in [-0.39, 0.29) is 19.7 Å². The van der Waals surface area contributed by atoms with Gasteiger partial charge in [0.15, 0.2) is 0 Å². The molecule has 2 aliphatic rings. The highest BCUT2D eigenvalue weighted by Crippen LogP contribution is 2.38. The zero-order valence-electron chi connectivity index (χ0n) is 15.7. The minimum atomic E-state index is -0.786. The molecule has 3 aromatic rings. The van der Waals surface area contributed by atoms with E-state index in [1.165, 1.54) is 32.8 Å². The van der Waals surface area contributed by atoms with Gasteiger partial charge in [0.05, 0.1) is 19.1 Å². The lowest BCUT2D eigenvalue weighted by molar-refractivity contribution is 0.216. The van der Waals surface area contributed by atoms with E-state index in [0.29, 0.717) is 17.1 Å². The van der Waals surface area contributed by atoms with Crippen LogP contribution in [-0.2, 0) is 33.8 Å². The normalized spacial score (nSPS) is 20.2. The molecular formula is C17H18N6O6. The van der Waals surface area contributed by atoms with Crippen LogP contribution in [0.2, 0.25) is 0 Å². The second-order valence-electron chi connectivity index (χ2n) is 7.19. The fourth-order valence-electron chi connectivity index (χ4n) is 4.25. The summed E-state index contributed by atoms with van der Waals surface area (Å²) in [4.78, 5) is 50.6. The van der Waals surface area contributed by atoms with E-state index in [9.17, 15) is 24.3 Å². The molecule has 2 atom stereocenters. The topological polar surface area (TPSA) is 131 Å². The molecule has 12 nitrogen and oxygen atoms in total. The van der Waals surface area contributed by atoms with Crippen molar-refractivity contribution < 1.29 is 9.52 Å². The Hall–Kier alpha value is -3.54. The molecule has 12 heteroatoms. The van der Waals surface area contributed by atoms with E-state index in [1.54, 1.807) is 18.2 Å². The first-order valence-corrected chi connectivity index (χ1v) is 9.01. The standard InChI is InChI=1S/C17H18N6O6/c1-18-14(25)20-6-5-10-11(22(20)16(18)27)7-21-15(26)19(2)17(28)23(21)13(10)12-4-3-9(8-24)29-12/h3-5,11,13,24H,6-8H2,1-2H3. The summed E-state index contributed by atoms with van der Waals surface area (Å²) in [5.74, 6) is 0.663. The fourth-order valence-corrected chi connectivity index (χ4v) is 4.25. The largest absolute Gasteiger partial charge is 0.461 e. The van der Waals surface area contributed by atoms with Crippen LogP contribution in [0, 0.1) is 0 Å². The first-order chi connectivity index (χ1) is 13.8. The maximum Gasteiger partial charge on any atom is 0.347 e. The van der Waals surface area contributed by atoms with Crippen LogP contribution >= 0.6 is 0 Å². The number of furan rings is 1. The third-order valence-electron chi connectivity index (χ3n) is 5.70. The van der Waals surface area contributed by atoms with Gasteiger partial charge in [0.25, 0.3) is 0 Å².